The van der Waals surface area contributed by atoms with Crippen LogP contribution in [0.25, 0.3) is 0 Å². The van der Waals surface area contributed by atoms with Crippen LogP contribution in [0, 0.1) is 0 Å². The summed E-state index contributed by atoms with van der Waals surface area (Å²) in [7, 11) is 0. The van der Waals surface area contributed by atoms with Gasteiger partial charge in [0.05, 0.1) is 12.5 Å². The molecule has 0 aromatic heterocycles. The van der Waals surface area contributed by atoms with Crippen molar-refractivity contribution >= 4 is 52.4 Å². The Kier molecular flexibility index (Phi) is 5.61. The number of amides is 1. The van der Waals surface area contributed by atoms with Gasteiger partial charge in [0, 0.05) is 32.7 Å². The first kappa shape index (κ1) is 18.8. The molecule has 0 radical (unpaired) electrons. The van der Waals surface area contributed by atoms with Crippen molar-refractivity contribution in [3.63, 3.8) is 0 Å². The molecule has 2 aromatic carbocycles. The number of halogens is 3. The van der Waals surface area contributed by atoms with E-state index in [1.807, 2.05) is 0 Å². The fourth-order valence-electron chi connectivity index (χ4n) is 2.99. The minimum Gasteiger partial charge on any atom is -0.480 e. The number of carbonyl (C=O) groups is 2. The Bertz CT molecular complexity index is 856. The Morgan fingerprint density at radius 3 is 2.46 bits per heavy atom. The first-order valence-corrected chi connectivity index (χ1v) is 8.99. The molecule has 2 atom stereocenters. The molecule has 2 aromatic rings. The standard InChI is InChI=1S/C18H15Cl3N2O3/c19-10-3-1-9(2-4-10)5-16(24)23-14-8-15(18(25)26)22-13-7-11(20)6-12(21)17(13)14/h1-4,6-7,14-15,22H,5,8H2,(H,23,24)(H,25,26)/t14-,15+/m0/s1. The minimum absolute atomic E-state index is 0.152. The van der Waals surface area contributed by atoms with Gasteiger partial charge in [-0.25, -0.2) is 4.79 Å². The quantitative estimate of drug-likeness (QED) is 0.698. The fourth-order valence-corrected chi connectivity index (χ4v) is 3.74. The number of hydrogen-bond acceptors (Lipinski definition) is 3. The third-order valence-corrected chi connectivity index (χ3v) is 4.94. The molecule has 3 N–H and O–H groups in total. The summed E-state index contributed by atoms with van der Waals surface area (Å²) >= 11 is 18.2. The SMILES string of the molecule is O=C(Cc1ccc(Cl)cc1)N[C@H]1C[C@H](C(=O)O)Nc2cc(Cl)cc(Cl)c21. The van der Waals surface area contributed by atoms with Gasteiger partial charge in [-0.3, -0.25) is 4.79 Å². The molecule has 8 heteroatoms. The molecule has 1 amide bonds. The highest BCUT2D eigenvalue weighted by Crippen LogP contribution is 2.39. The van der Waals surface area contributed by atoms with E-state index in [2.05, 4.69) is 10.6 Å². The molecule has 0 saturated carbocycles. The third kappa shape index (κ3) is 4.23. The Morgan fingerprint density at radius 2 is 1.81 bits per heavy atom. The predicted octanol–water partition coefficient (Wildman–Crippen LogP) is 4.32. The highest BCUT2D eigenvalue weighted by Gasteiger charge is 2.33. The number of carboxylic acids is 1. The van der Waals surface area contributed by atoms with Crippen LogP contribution < -0.4 is 10.6 Å². The van der Waals surface area contributed by atoms with Crippen LogP contribution in [-0.2, 0) is 16.0 Å². The van der Waals surface area contributed by atoms with E-state index in [0.29, 0.717) is 26.3 Å². The van der Waals surface area contributed by atoms with E-state index in [1.165, 1.54) is 0 Å². The van der Waals surface area contributed by atoms with Crippen molar-refractivity contribution in [3.05, 3.63) is 62.6 Å². The second-order valence-electron chi connectivity index (χ2n) is 6.04. The summed E-state index contributed by atoms with van der Waals surface area (Å²) in [6.45, 7) is 0. The molecule has 0 spiro atoms. The van der Waals surface area contributed by atoms with Crippen LogP contribution >= 0.6 is 34.8 Å². The van der Waals surface area contributed by atoms with Crippen LogP contribution in [0.1, 0.15) is 23.6 Å². The molecule has 0 aliphatic carbocycles. The van der Waals surface area contributed by atoms with Gasteiger partial charge in [-0.15, -0.1) is 0 Å². The van der Waals surface area contributed by atoms with E-state index in [9.17, 15) is 14.7 Å². The Balaban J connectivity index is 1.83. The lowest BCUT2D eigenvalue weighted by atomic mass is 9.92. The maximum atomic E-state index is 12.4. The van der Waals surface area contributed by atoms with Crippen LogP contribution in [0.5, 0.6) is 0 Å². The normalized spacial score (nSPS) is 18.6. The maximum Gasteiger partial charge on any atom is 0.326 e. The van der Waals surface area contributed by atoms with Gasteiger partial charge < -0.3 is 15.7 Å². The van der Waals surface area contributed by atoms with Crippen LogP contribution in [0.4, 0.5) is 5.69 Å². The Hall–Kier alpha value is -1.95. The number of carboxylic acid groups (broad SMARTS) is 1. The zero-order valence-corrected chi connectivity index (χ0v) is 15.7. The summed E-state index contributed by atoms with van der Waals surface area (Å²) < 4.78 is 0. The number of rotatable bonds is 4. The van der Waals surface area contributed by atoms with Gasteiger partial charge in [0.1, 0.15) is 6.04 Å². The second kappa shape index (κ2) is 7.74. The van der Waals surface area contributed by atoms with Crippen molar-refractivity contribution in [2.75, 3.05) is 5.32 Å². The van der Waals surface area contributed by atoms with E-state index in [-0.39, 0.29) is 18.7 Å². The van der Waals surface area contributed by atoms with E-state index in [4.69, 9.17) is 34.8 Å². The Labute approximate surface area is 165 Å². The predicted molar refractivity (Wildman–Crippen MR) is 102 cm³/mol. The van der Waals surface area contributed by atoms with Gasteiger partial charge in [0.2, 0.25) is 5.91 Å². The van der Waals surface area contributed by atoms with Crippen molar-refractivity contribution in [1.82, 2.24) is 5.32 Å². The van der Waals surface area contributed by atoms with Gasteiger partial charge in [-0.05, 0) is 29.8 Å². The number of hydrogen-bond donors (Lipinski definition) is 3. The smallest absolute Gasteiger partial charge is 0.326 e. The molecule has 1 aliphatic rings. The molecule has 0 fully saturated rings. The van der Waals surface area contributed by atoms with Crippen LogP contribution in [-0.4, -0.2) is 23.0 Å². The molecular formula is C18H15Cl3N2O3. The monoisotopic (exact) mass is 412 g/mol. The van der Waals surface area contributed by atoms with Crippen LogP contribution in [0.3, 0.4) is 0 Å². The van der Waals surface area contributed by atoms with Gasteiger partial charge in [0.15, 0.2) is 0 Å². The Morgan fingerprint density at radius 1 is 1.12 bits per heavy atom. The van der Waals surface area contributed by atoms with E-state index in [0.717, 1.165) is 5.56 Å². The molecule has 3 rings (SSSR count). The van der Waals surface area contributed by atoms with E-state index >= 15 is 0 Å². The van der Waals surface area contributed by atoms with Gasteiger partial charge in [-0.2, -0.15) is 0 Å². The molecule has 5 nitrogen and oxygen atoms in total. The highest BCUT2D eigenvalue weighted by molar-refractivity contribution is 6.35. The highest BCUT2D eigenvalue weighted by atomic mass is 35.5. The number of benzene rings is 2. The molecule has 1 aliphatic heterocycles. The minimum atomic E-state index is -1.01. The van der Waals surface area contributed by atoms with Crippen molar-refractivity contribution in [1.29, 1.82) is 0 Å². The third-order valence-electron chi connectivity index (χ3n) is 4.16. The molecule has 0 saturated heterocycles. The molecule has 1 heterocycles. The first-order chi connectivity index (χ1) is 12.3. The molecule has 26 heavy (non-hydrogen) atoms. The summed E-state index contributed by atoms with van der Waals surface area (Å²) in [5.41, 5.74) is 1.95. The fraction of sp³-hybridized carbons (Fsp3) is 0.222. The van der Waals surface area contributed by atoms with E-state index in [1.54, 1.807) is 36.4 Å². The summed E-state index contributed by atoms with van der Waals surface area (Å²) in [6, 6.07) is 8.76. The number of fused-ring (bicyclic) bond motifs is 1. The maximum absolute atomic E-state index is 12.4. The summed E-state index contributed by atoms with van der Waals surface area (Å²) in [5.74, 6) is -1.25. The van der Waals surface area contributed by atoms with Gasteiger partial charge >= 0.3 is 5.97 Å². The molecule has 0 bridgehead atoms. The second-order valence-corrected chi connectivity index (χ2v) is 7.32. The number of anilines is 1. The van der Waals surface area contributed by atoms with Gasteiger partial charge in [-0.1, -0.05) is 46.9 Å². The zero-order chi connectivity index (χ0) is 18.8. The van der Waals surface area contributed by atoms with Crippen LogP contribution in [0.2, 0.25) is 15.1 Å². The lowest BCUT2D eigenvalue weighted by Gasteiger charge is -2.32. The van der Waals surface area contributed by atoms with Crippen molar-refractivity contribution in [2.24, 2.45) is 0 Å². The molecule has 136 valence electrons. The average Bonchev–Trinajstić information content (AvgIpc) is 2.55. The lowest BCUT2D eigenvalue weighted by Crippen LogP contribution is -2.41. The summed E-state index contributed by atoms with van der Waals surface area (Å²) in [4.78, 5) is 23.9. The van der Waals surface area contributed by atoms with Crippen molar-refractivity contribution < 1.29 is 14.7 Å². The molecule has 0 unspecified atom stereocenters. The van der Waals surface area contributed by atoms with Crippen molar-refractivity contribution in [2.45, 2.75) is 24.9 Å². The van der Waals surface area contributed by atoms with Crippen LogP contribution in [0.15, 0.2) is 36.4 Å². The summed E-state index contributed by atoms with van der Waals surface area (Å²) in [6.07, 6.45) is 0.329. The first-order valence-electron chi connectivity index (χ1n) is 7.85. The van der Waals surface area contributed by atoms with Crippen molar-refractivity contribution in [3.8, 4) is 0 Å². The lowest BCUT2D eigenvalue weighted by molar-refractivity contribution is -0.138. The average molecular weight is 414 g/mol. The van der Waals surface area contributed by atoms with E-state index < -0.39 is 18.1 Å². The number of aliphatic carboxylic acids is 1. The number of nitrogens with one attached hydrogen (secondary N) is 2. The van der Waals surface area contributed by atoms with Gasteiger partial charge in [0.25, 0.3) is 0 Å². The summed E-state index contributed by atoms with van der Waals surface area (Å²) in [5, 5.41) is 16.5. The molecular weight excluding hydrogens is 399 g/mol. The number of carbonyl (C=O) groups excluding carboxylic acids is 1. The zero-order valence-electron chi connectivity index (χ0n) is 13.4. The largest absolute Gasteiger partial charge is 0.480 e. The topological polar surface area (TPSA) is 78.4 Å².